The molecule has 5 rings (SSSR count). The number of benzene rings is 3. The lowest BCUT2D eigenvalue weighted by Crippen LogP contribution is -2.17. The number of carbonyl (C=O) groups excluding carboxylic acids is 1. The van der Waals surface area contributed by atoms with Gasteiger partial charge in [0.25, 0.3) is 0 Å². The zero-order valence-corrected chi connectivity index (χ0v) is 19.9. The maximum atomic E-state index is 13.0. The second kappa shape index (κ2) is 9.80. The first-order valence-corrected chi connectivity index (χ1v) is 12.1. The number of aromatic nitrogens is 2. The maximum absolute atomic E-state index is 13.0. The summed E-state index contributed by atoms with van der Waals surface area (Å²) in [6, 6.07) is 20.0. The number of esters is 1. The van der Waals surface area contributed by atoms with Gasteiger partial charge in [-0.3, -0.25) is 4.79 Å². The zero-order valence-electron chi connectivity index (χ0n) is 19.9. The Kier molecular flexibility index (Phi) is 6.56. The average Bonchev–Trinajstić information content (AvgIpc) is 3.32. The monoisotopic (exact) mass is 492 g/mol. The van der Waals surface area contributed by atoms with E-state index in [0.29, 0.717) is 35.1 Å². The standard InChI is InChI=1S/C29H27F3N2O2/c1-36-27(35)16-18-2-4-19(5-3-18)20-6-8-21(9-7-20)22-10-12-23(13-11-22)28-33-25-15-14-24(29(30,31)32)17-26(25)34-28/h6-15,17-19H,2-5,16H2,1H3,(H,33,34). The maximum Gasteiger partial charge on any atom is 0.416 e. The van der Waals surface area contributed by atoms with Gasteiger partial charge in [0.1, 0.15) is 5.82 Å². The van der Waals surface area contributed by atoms with Crippen molar-refractivity contribution in [3.63, 3.8) is 0 Å². The highest BCUT2D eigenvalue weighted by Gasteiger charge is 2.30. The predicted molar refractivity (Wildman–Crippen MR) is 133 cm³/mol. The summed E-state index contributed by atoms with van der Waals surface area (Å²) in [4.78, 5) is 19.0. The van der Waals surface area contributed by atoms with Crippen LogP contribution in [0.15, 0.2) is 66.7 Å². The topological polar surface area (TPSA) is 55.0 Å². The van der Waals surface area contributed by atoms with Crippen LogP contribution >= 0.6 is 0 Å². The number of carbonyl (C=O) groups is 1. The number of H-pyrrole nitrogens is 1. The lowest BCUT2D eigenvalue weighted by Gasteiger charge is -2.28. The van der Waals surface area contributed by atoms with Crippen LogP contribution in [0.25, 0.3) is 33.5 Å². The summed E-state index contributed by atoms with van der Waals surface area (Å²) >= 11 is 0. The molecule has 4 aromatic rings. The van der Waals surface area contributed by atoms with Gasteiger partial charge in [-0.25, -0.2) is 4.98 Å². The van der Waals surface area contributed by atoms with Crippen molar-refractivity contribution in [3.8, 4) is 22.5 Å². The Morgan fingerprint density at radius 2 is 1.53 bits per heavy atom. The summed E-state index contributed by atoms with van der Waals surface area (Å²) in [6.07, 6.45) is 0.376. The van der Waals surface area contributed by atoms with E-state index in [0.717, 1.165) is 54.5 Å². The number of nitrogens with zero attached hydrogens (tertiary/aromatic N) is 1. The molecule has 1 aromatic heterocycles. The molecule has 0 unspecified atom stereocenters. The normalized spacial score (nSPS) is 18.3. The van der Waals surface area contributed by atoms with E-state index in [4.69, 9.17) is 4.74 Å². The minimum Gasteiger partial charge on any atom is -0.469 e. The van der Waals surface area contributed by atoms with Gasteiger partial charge in [-0.15, -0.1) is 0 Å². The van der Waals surface area contributed by atoms with E-state index in [2.05, 4.69) is 34.2 Å². The summed E-state index contributed by atoms with van der Waals surface area (Å²) < 4.78 is 43.8. The smallest absolute Gasteiger partial charge is 0.416 e. The highest BCUT2D eigenvalue weighted by Crippen LogP contribution is 2.38. The Balaban J connectivity index is 1.26. The Labute approximate surface area is 207 Å². The van der Waals surface area contributed by atoms with Crippen molar-refractivity contribution in [2.75, 3.05) is 7.11 Å². The first-order valence-electron chi connectivity index (χ1n) is 12.1. The number of ether oxygens (including phenoxy) is 1. The number of methoxy groups -OCH3 is 1. The van der Waals surface area contributed by atoms with Crippen molar-refractivity contribution in [1.29, 1.82) is 0 Å². The molecule has 1 heterocycles. The quantitative estimate of drug-likeness (QED) is 0.290. The highest BCUT2D eigenvalue weighted by atomic mass is 19.4. The molecule has 1 fully saturated rings. The van der Waals surface area contributed by atoms with E-state index >= 15 is 0 Å². The fraction of sp³-hybridized carbons (Fsp3) is 0.310. The van der Waals surface area contributed by atoms with Crippen molar-refractivity contribution >= 4 is 17.0 Å². The van der Waals surface area contributed by atoms with Gasteiger partial charge < -0.3 is 9.72 Å². The van der Waals surface area contributed by atoms with E-state index in [1.165, 1.54) is 18.7 Å². The largest absolute Gasteiger partial charge is 0.469 e. The van der Waals surface area contributed by atoms with Crippen LogP contribution in [0.2, 0.25) is 0 Å². The molecule has 186 valence electrons. The van der Waals surface area contributed by atoms with E-state index < -0.39 is 11.7 Å². The van der Waals surface area contributed by atoms with Gasteiger partial charge in [-0.1, -0.05) is 48.5 Å². The molecule has 3 aromatic carbocycles. The van der Waals surface area contributed by atoms with Gasteiger partial charge in [-0.05, 0) is 72.4 Å². The molecule has 0 bridgehead atoms. The van der Waals surface area contributed by atoms with Crippen LogP contribution in [0.5, 0.6) is 0 Å². The van der Waals surface area contributed by atoms with Crippen LogP contribution in [0.4, 0.5) is 13.2 Å². The molecule has 36 heavy (non-hydrogen) atoms. The first kappa shape index (κ1) is 24.1. The van der Waals surface area contributed by atoms with Gasteiger partial charge >= 0.3 is 12.1 Å². The van der Waals surface area contributed by atoms with Crippen LogP contribution in [-0.4, -0.2) is 23.0 Å². The van der Waals surface area contributed by atoms with Gasteiger partial charge in [-0.2, -0.15) is 13.2 Å². The zero-order chi connectivity index (χ0) is 25.3. The Hall–Kier alpha value is -3.61. The molecule has 4 nitrogen and oxygen atoms in total. The van der Waals surface area contributed by atoms with E-state index in [9.17, 15) is 18.0 Å². The van der Waals surface area contributed by atoms with Crippen LogP contribution in [0.1, 0.15) is 49.1 Å². The summed E-state index contributed by atoms with van der Waals surface area (Å²) in [5.74, 6) is 1.35. The highest BCUT2D eigenvalue weighted by molar-refractivity contribution is 5.80. The molecular weight excluding hydrogens is 465 g/mol. The lowest BCUT2D eigenvalue weighted by molar-refractivity contribution is -0.142. The molecule has 1 aliphatic rings. The fourth-order valence-corrected chi connectivity index (χ4v) is 5.11. The third-order valence-corrected chi connectivity index (χ3v) is 7.21. The Morgan fingerprint density at radius 3 is 2.14 bits per heavy atom. The number of nitrogens with one attached hydrogen (secondary N) is 1. The van der Waals surface area contributed by atoms with E-state index in [1.54, 1.807) is 0 Å². The van der Waals surface area contributed by atoms with Crippen LogP contribution in [0.3, 0.4) is 0 Å². The predicted octanol–water partition coefficient (Wildman–Crippen LogP) is 7.75. The number of alkyl halides is 3. The summed E-state index contributed by atoms with van der Waals surface area (Å²) in [5, 5.41) is 0. The summed E-state index contributed by atoms with van der Waals surface area (Å²) in [7, 11) is 1.44. The van der Waals surface area contributed by atoms with Gasteiger partial charge in [0, 0.05) is 12.0 Å². The number of hydrogen-bond acceptors (Lipinski definition) is 3. The second-order valence-electron chi connectivity index (χ2n) is 9.51. The summed E-state index contributed by atoms with van der Waals surface area (Å²) in [6.45, 7) is 0. The number of fused-ring (bicyclic) bond motifs is 1. The molecule has 0 spiro atoms. The number of hydrogen-bond donors (Lipinski definition) is 1. The van der Waals surface area contributed by atoms with Gasteiger partial charge in [0.15, 0.2) is 0 Å². The minimum atomic E-state index is -4.39. The van der Waals surface area contributed by atoms with Crippen molar-refractivity contribution in [2.24, 2.45) is 5.92 Å². The molecule has 0 radical (unpaired) electrons. The summed E-state index contributed by atoms with van der Waals surface area (Å²) in [5.41, 5.74) is 4.46. The van der Waals surface area contributed by atoms with Crippen LogP contribution in [0, 0.1) is 5.92 Å². The van der Waals surface area contributed by atoms with Crippen molar-refractivity contribution < 1.29 is 22.7 Å². The number of aromatic amines is 1. The molecular formula is C29H27F3N2O2. The SMILES string of the molecule is COC(=O)CC1CCC(c2ccc(-c3ccc(-c4nc5ccc(C(F)(F)F)cc5[nH]4)cc3)cc2)CC1. The lowest BCUT2D eigenvalue weighted by atomic mass is 9.77. The minimum absolute atomic E-state index is 0.121. The van der Waals surface area contributed by atoms with Crippen molar-refractivity contribution in [3.05, 3.63) is 77.9 Å². The van der Waals surface area contributed by atoms with E-state index in [1.807, 2.05) is 24.3 Å². The first-order chi connectivity index (χ1) is 17.3. The molecule has 7 heteroatoms. The van der Waals surface area contributed by atoms with Gasteiger partial charge in [0.05, 0.1) is 23.7 Å². The molecule has 0 aliphatic heterocycles. The second-order valence-corrected chi connectivity index (χ2v) is 9.51. The van der Waals surface area contributed by atoms with Gasteiger partial charge in [0.2, 0.25) is 0 Å². The molecule has 1 saturated carbocycles. The molecule has 0 amide bonds. The Bertz CT molecular complexity index is 1350. The molecule has 0 atom stereocenters. The van der Waals surface area contributed by atoms with Crippen molar-refractivity contribution in [2.45, 2.75) is 44.2 Å². The van der Waals surface area contributed by atoms with Crippen molar-refractivity contribution in [1.82, 2.24) is 9.97 Å². The number of rotatable bonds is 5. The fourth-order valence-electron chi connectivity index (χ4n) is 5.11. The average molecular weight is 493 g/mol. The molecule has 1 N–H and O–H groups in total. The van der Waals surface area contributed by atoms with E-state index in [-0.39, 0.29) is 5.97 Å². The van der Waals surface area contributed by atoms with Crippen LogP contribution in [-0.2, 0) is 15.7 Å². The Morgan fingerprint density at radius 1 is 0.917 bits per heavy atom. The third-order valence-electron chi connectivity index (χ3n) is 7.21. The number of imidazole rings is 1. The van der Waals surface area contributed by atoms with Crippen LogP contribution < -0.4 is 0 Å². The number of halogens is 3. The third kappa shape index (κ3) is 5.15. The molecule has 0 saturated heterocycles. The molecule has 1 aliphatic carbocycles.